The third kappa shape index (κ3) is 2.11. The van der Waals surface area contributed by atoms with Gasteiger partial charge >= 0.3 is 0 Å². The molecule has 1 unspecified atom stereocenters. The summed E-state index contributed by atoms with van der Waals surface area (Å²) in [6.45, 7) is 1.67. The van der Waals surface area contributed by atoms with Gasteiger partial charge in [0.05, 0.1) is 7.11 Å². The average Bonchev–Trinajstić information content (AvgIpc) is 2.94. The fourth-order valence-electron chi connectivity index (χ4n) is 2.59. The van der Waals surface area contributed by atoms with E-state index in [1.807, 2.05) is 12.1 Å². The molecule has 0 aromatic carbocycles. The van der Waals surface area contributed by atoms with Crippen LogP contribution in [0.4, 0.5) is 0 Å². The Balaban J connectivity index is 2.20. The molecule has 0 amide bonds. The van der Waals surface area contributed by atoms with Gasteiger partial charge in [-0.15, -0.1) is 0 Å². The highest BCUT2D eigenvalue weighted by Gasteiger charge is 2.46. The Morgan fingerprint density at radius 2 is 2.18 bits per heavy atom. The summed E-state index contributed by atoms with van der Waals surface area (Å²) >= 11 is 3.37. The number of pyridine rings is 1. The highest BCUT2D eigenvalue weighted by atomic mass is 79.9. The average molecular weight is 383 g/mol. The second-order valence-corrected chi connectivity index (χ2v) is 8.43. The molecule has 0 radical (unpaired) electrons. The molecule has 0 fully saturated rings. The molecule has 7 heteroatoms. The van der Waals surface area contributed by atoms with Crippen LogP contribution in [-0.4, -0.2) is 29.2 Å². The second-order valence-electron chi connectivity index (χ2n) is 5.27. The van der Waals surface area contributed by atoms with E-state index in [-0.39, 0.29) is 0 Å². The number of allylic oxidation sites excluding steroid dienone is 3. The van der Waals surface area contributed by atoms with Crippen molar-refractivity contribution in [1.82, 2.24) is 8.96 Å². The van der Waals surface area contributed by atoms with E-state index in [2.05, 4.69) is 20.9 Å². The predicted octanol–water partition coefficient (Wildman–Crippen LogP) is 3.19. The SMILES string of the molecule is COC1=CC(Br)=CCC1(C)S(=O)(=O)n1ccc2cccnc21. The van der Waals surface area contributed by atoms with Gasteiger partial charge in [-0.1, -0.05) is 22.0 Å². The second kappa shape index (κ2) is 5.24. The largest absolute Gasteiger partial charge is 0.499 e. The molecule has 0 saturated carbocycles. The smallest absolute Gasteiger partial charge is 0.253 e. The maximum atomic E-state index is 13.2. The third-order valence-corrected chi connectivity index (χ3v) is 6.81. The zero-order valence-corrected chi connectivity index (χ0v) is 14.6. The Labute approximate surface area is 137 Å². The fraction of sp³-hybridized carbons (Fsp3) is 0.267. The summed E-state index contributed by atoms with van der Waals surface area (Å²) in [5, 5.41) is 0.783. The first-order valence-corrected chi connectivity index (χ1v) is 8.92. The van der Waals surface area contributed by atoms with Crippen LogP contribution in [0, 0.1) is 0 Å². The molecule has 0 N–H and O–H groups in total. The van der Waals surface area contributed by atoms with Crippen molar-refractivity contribution in [3.05, 3.63) is 53.0 Å². The summed E-state index contributed by atoms with van der Waals surface area (Å²) in [5.41, 5.74) is 0.424. The lowest BCUT2D eigenvalue weighted by atomic mass is 10.00. The van der Waals surface area contributed by atoms with E-state index in [0.29, 0.717) is 17.8 Å². The summed E-state index contributed by atoms with van der Waals surface area (Å²) in [5.74, 6) is 0.402. The number of rotatable bonds is 3. The molecule has 1 aliphatic rings. The number of hydrogen-bond acceptors (Lipinski definition) is 4. The van der Waals surface area contributed by atoms with Crippen molar-refractivity contribution in [3.63, 3.8) is 0 Å². The van der Waals surface area contributed by atoms with Crippen molar-refractivity contribution >= 4 is 37.0 Å². The van der Waals surface area contributed by atoms with Gasteiger partial charge in [-0.2, -0.15) is 0 Å². The van der Waals surface area contributed by atoms with Gasteiger partial charge in [0.25, 0.3) is 10.0 Å². The number of hydrogen-bond donors (Lipinski definition) is 0. The molecular weight excluding hydrogens is 368 g/mol. The van der Waals surface area contributed by atoms with Gasteiger partial charge in [0, 0.05) is 22.3 Å². The molecular formula is C15H15BrN2O3S. The van der Waals surface area contributed by atoms with E-state index >= 15 is 0 Å². The molecule has 3 rings (SSSR count). The van der Waals surface area contributed by atoms with Gasteiger partial charge in [-0.05, 0) is 37.6 Å². The van der Waals surface area contributed by atoms with E-state index in [9.17, 15) is 8.42 Å². The Hall–Kier alpha value is -1.60. The minimum absolute atomic E-state index is 0.322. The molecule has 1 atom stereocenters. The lowest BCUT2D eigenvalue weighted by Gasteiger charge is -2.32. The first kappa shape index (κ1) is 15.3. The molecule has 0 bridgehead atoms. The van der Waals surface area contributed by atoms with Crippen LogP contribution in [0.1, 0.15) is 13.3 Å². The molecule has 2 heterocycles. The number of halogens is 1. The minimum Gasteiger partial charge on any atom is -0.499 e. The molecule has 22 heavy (non-hydrogen) atoms. The summed E-state index contributed by atoms with van der Waals surface area (Å²) in [6, 6.07) is 5.36. The Morgan fingerprint density at radius 3 is 2.91 bits per heavy atom. The summed E-state index contributed by atoms with van der Waals surface area (Å²) in [4.78, 5) is 4.20. The monoisotopic (exact) mass is 382 g/mol. The third-order valence-electron chi connectivity index (χ3n) is 3.94. The maximum absolute atomic E-state index is 13.2. The van der Waals surface area contributed by atoms with Crippen molar-refractivity contribution in [2.45, 2.75) is 18.1 Å². The van der Waals surface area contributed by atoms with Crippen LogP contribution in [-0.2, 0) is 14.8 Å². The Morgan fingerprint density at radius 1 is 1.41 bits per heavy atom. The molecule has 1 aliphatic carbocycles. The predicted molar refractivity (Wildman–Crippen MR) is 89.2 cm³/mol. The van der Waals surface area contributed by atoms with Crippen molar-refractivity contribution in [2.75, 3.05) is 7.11 Å². The van der Waals surface area contributed by atoms with Crippen LogP contribution in [0.15, 0.2) is 53.0 Å². The first-order valence-electron chi connectivity index (χ1n) is 6.69. The van der Waals surface area contributed by atoms with Gasteiger partial charge in [0.1, 0.15) is 10.5 Å². The van der Waals surface area contributed by atoms with Crippen molar-refractivity contribution in [3.8, 4) is 0 Å². The van der Waals surface area contributed by atoms with Crippen LogP contribution in [0.2, 0.25) is 0 Å². The highest BCUT2D eigenvalue weighted by molar-refractivity contribution is 9.11. The highest BCUT2D eigenvalue weighted by Crippen LogP contribution is 2.38. The van der Waals surface area contributed by atoms with Gasteiger partial charge in [-0.25, -0.2) is 17.4 Å². The quantitative estimate of drug-likeness (QED) is 0.817. The van der Waals surface area contributed by atoms with Gasteiger partial charge in [0.15, 0.2) is 5.65 Å². The van der Waals surface area contributed by atoms with Crippen LogP contribution in [0.3, 0.4) is 0 Å². The van der Waals surface area contributed by atoms with Crippen molar-refractivity contribution in [1.29, 1.82) is 0 Å². The van der Waals surface area contributed by atoms with E-state index in [1.165, 1.54) is 11.1 Å². The molecule has 5 nitrogen and oxygen atoms in total. The topological polar surface area (TPSA) is 61.2 Å². The number of fused-ring (bicyclic) bond motifs is 1. The van der Waals surface area contributed by atoms with Gasteiger partial charge < -0.3 is 4.74 Å². The lowest BCUT2D eigenvalue weighted by Crippen LogP contribution is -2.42. The summed E-state index contributed by atoms with van der Waals surface area (Å²) in [6.07, 6.45) is 6.97. The molecule has 0 aliphatic heterocycles. The van der Waals surface area contributed by atoms with Gasteiger partial charge in [-0.3, -0.25) is 0 Å². The van der Waals surface area contributed by atoms with E-state index in [4.69, 9.17) is 4.74 Å². The first-order chi connectivity index (χ1) is 10.4. The molecule has 2 aromatic rings. The van der Waals surface area contributed by atoms with Crippen LogP contribution in [0.5, 0.6) is 0 Å². The fourth-order valence-corrected chi connectivity index (χ4v) is 4.69. The van der Waals surface area contributed by atoms with E-state index < -0.39 is 14.8 Å². The maximum Gasteiger partial charge on any atom is 0.253 e. The molecule has 0 spiro atoms. The standard InChI is InChI=1S/C15H15BrN2O3S/c1-15(7-5-12(16)10-13(15)21-2)22(19,20)18-9-6-11-4-3-8-17-14(11)18/h3-6,8-10H,7H2,1-2H3. The molecule has 116 valence electrons. The van der Waals surface area contributed by atoms with Crippen LogP contribution < -0.4 is 0 Å². The van der Waals surface area contributed by atoms with Crippen molar-refractivity contribution in [2.24, 2.45) is 0 Å². The Bertz CT molecular complexity index is 898. The zero-order valence-electron chi connectivity index (χ0n) is 12.2. The van der Waals surface area contributed by atoms with Crippen LogP contribution in [0.25, 0.3) is 11.0 Å². The number of ether oxygens (including phenoxy) is 1. The van der Waals surface area contributed by atoms with Gasteiger partial charge in [0.2, 0.25) is 0 Å². The van der Waals surface area contributed by atoms with Crippen LogP contribution >= 0.6 is 15.9 Å². The minimum atomic E-state index is -3.73. The molecule has 2 aromatic heterocycles. The van der Waals surface area contributed by atoms with E-state index in [1.54, 1.807) is 37.5 Å². The van der Waals surface area contributed by atoms with Crippen molar-refractivity contribution < 1.29 is 13.2 Å². The van der Waals surface area contributed by atoms with E-state index in [0.717, 1.165) is 9.87 Å². The zero-order chi connectivity index (χ0) is 16.0. The summed E-state index contributed by atoms with van der Waals surface area (Å²) < 4.78 is 32.7. The molecule has 0 saturated heterocycles. The number of methoxy groups -OCH3 is 1. The lowest BCUT2D eigenvalue weighted by molar-refractivity contribution is 0.252. The normalized spacial score (nSPS) is 22.3. The number of aromatic nitrogens is 2. The summed E-state index contributed by atoms with van der Waals surface area (Å²) in [7, 11) is -2.25. The Kier molecular flexibility index (Phi) is 3.65. The number of nitrogens with zero attached hydrogens (tertiary/aromatic N) is 2.